The zero-order chi connectivity index (χ0) is 8.27. The van der Waals surface area contributed by atoms with Crippen LogP contribution in [0.25, 0.3) is 0 Å². The van der Waals surface area contributed by atoms with E-state index in [2.05, 4.69) is 25.4 Å². The highest BCUT2D eigenvalue weighted by Gasteiger charge is 2.25. The Balaban J connectivity index is 2.60. The summed E-state index contributed by atoms with van der Waals surface area (Å²) in [6.45, 7) is 7.88. The first kappa shape index (κ1) is 8.31. The van der Waals surface area contributed by atoms with E-state index in [0.717, 1.165) is 12.8 Å². The van der Waals surface area contributed by atoms with E-state index in [0.29, 0.717) is 11.9 Å². The zero-order valence-corrected chi connectivity index (χ0v) is 7.21. The summed E-state index contributed by atoms with van der Waals surface area (Å²) in [5.41, 5.74) is 0. The number of hydrogen-bond donors (Lipinski definition) is 0. The van der Waals surface area contributed by atoms with Gasteiger partial charge < -0.3 is 4.74 Å². The lowest BCUT2D eigenvalue weighted by atomic mass is 10.1. The molecule has 1 heterocycles. The van der Waals surface area contributed by atoms with Crippen molar-refractivity contribution in [2.75, 3.05) is 0 Å². The van der Waals surface area contributed by atoms with E-state index in [9.17, 15) is 0 Å². The predicted octanol–water partition coefficient (Wildman–Crippen LogP) is 2.16. The molecule has 2 nitrogen and oxygen atoms in total. The van der Waals surface area contributed by atoms with E-state index in [1.54, 1.807) is 6.08 Å². The van der Waals surface area contributed by atoms with Gasteiger partial charge in [0.05, 0.1) is 6.04 Å². The lowest BCUT2D eigenvalue weighted by molar-refractivity contribution is 0.186. The summed E-state index contributed by atoms with van der Waals surface area (Å²) in [6.07, 6.45) is 4.04. The molecule has 1 aliphatic heterocycles. The van der Waals surface area contributed by atoms with Crippen molar-refractivity contribution in [2.24, 2.45) is 4.99 Å². The quantitative estimate of drug-likeness (QED) is 0.608. The fourth-order valence-corrected chi connectivity index (χ4v) is 1.32. The summed E-state index contributed by atoms with van der Waals surface area (Å²) in [5.74, 6) is 0.712. The first-order chi connectivity index (χ1) is 5.31. The third-order valence-corrected chi connectivity index (χ3v) is 1.99. The van der Waals surface area contributed by atoms with Crippen LogP contribution < -0.4 is 0 Å². The largest absolute Gasteiger partial charge is 0.472 e. The maximum Gasteiger partial charge on any atom is 0.208 e. The summed E-state index contributed by atoms with van der Waals surface area (Å²) in [6, 6.07) is 0.355. The second kappa shape index (κ2) is 3.56. The van der Waals surface area contributed by atoms with Crippen molar-refractivity contribution < 1.29 is 4.74 Å². The van der Waals surface area contributed by atoms with Crippen molar-refractivity contribution in [2.45, 2.75) is 38.8 Å². The third-order valence-electron chi connectivity index (χ3n) is 1.99. The van der Waals surface area contributed by atoms with Gasteiger partial charge in [0.1, 0.15) is 6.10 Å². The minimum Gasteiger partial charge on any atom is -0.472 e. The molecule has 0 saturated heterocycles. The molecule has 2 unspecified atom stereocenters. The molecule has 0 spiro atoms. The van der Waals surface area contributed by atoms with E-state index in [1.807, 2.05) is 0 Å². The monoisotopic (exact) mass is 153 g/mol. The number of aliphatic imine (C=N–C) groups is 1. The summed E-state index contributed by atoms with van der Waals surface area (Å²) in [7, 11) is 0. The molecule has 62 valence electrons. The number of hydrogen-bond acceptors (Lipinski definition) is 2. The molecule has 1 rings (SSSR count). The van der Waals surface area contributed by atoms with Gasteiger partial charge in [0.25, 0.3) is 0 Å². The molecular weight excluding hydrogens is 138 g/mol. The van der Waals surface area contributed by atoms with Crippen LogP contribution in [-0.4, -0.2) is 18.0 Å². The van der Waals surface area contributed by atoms with Crippen LogP contribution in [0.15, 0.2) is 17.6 Å². The van der Waals surface area contributed by atoms with Crippen LogP contribution in [0.2, 0.25) is 0 Å². The molecule has 0 aromatic rings. The van der Waals surface area contributed by atoms with Crippen molar-refractivity contribution in [3.63, 3.8) is 0 Å². The molecule has 0 aliphatic carbocycles. The van der Waals surface area contributed by atoms with Crippen molar-refractivity contribution in [3.8, 4) is 0 Å². The van der Waals surface area contributed by atoms with E-state index < -0.39 is 0 Å². The average Bonchev–Trinajstić information content (AvgIpc) is 2.46. The fourth-order valence-electron chi connectivity index (χ4n) is 1.32. The van der Waals surface area contributed by atoms with Crippen LogP contribution in [0.4, 0.5) is 0 Å². The van der Waals surface area contributed by atoms with Crippen molar-refractivity contribution in [3.05, 3.63) is 12.7 Å². The molecule has 0 fully saturated rings. The van der Waals surface area contributed by atoms with Crippen LogP contribution >= 0.6 is 0 Å². The smallest absolute Gasteiger partial charge is 0.208 e. The van der Waals surface area contributed by atoms with Crippen molar-refractivity contribution in [1.82, 2.24) is 0 Å². The molecular formula is C9H15NO. The second-order valence-electron chi connectivity index (χ2n) is 2.71. The van der Waals surface area contributed by atoms with Gasteiger partial charge in [0, 0.05) is 0 Å². The van der Waals surface area contributed by atoms with Gasteiger partial charge in [-0.2, -0.15) is 0 Å². The Morgan fingerprint density at radius 3 is 2.64 bits per heavy atom. The number of nitrogens with zero attached hydrogens (tertiary/aromatic N) is 1. The predicted molar refractivity (Wildman–Crippen MR) is 46.9 cm³/mol. The maximum absolute atomic E-state index is 5.50. The van der Waals surface area contributed by atoms with E-state index >= 15 is 0 Å². The molecule has 0 radical (unpaired) electrons. The Labute approximate surface area is 68.0 Å². The third kappa shape index (κ3) is 1.62. The van der Waals surface area contributed by atoms with Gasteiger partial charge >= 0.3 is 0 Å². The first-order valence-electron chi connectivity index (χ1n) is 4.18. The fraction of sp³-hybridized carbons (Fsp3) is 0.667. The van der Waals surface area contributed by atoms with Crippen LogP contribution in [0.3, 0.4) is 0 Å². The van der Waals surface area contributed by atoms with Gasteiger partial charge in [-0.25, -0.2) is 4.99 Å². The van der Waals surface area contributed by atoms with Gasteiger partial charge in [0.2, 0.25) is 5.90 Å². The first-order valence-corrected chi connectivity index (χ1v) is 4.18. The average molecular weight is 153 g/mol. The summed E-state index contributed by atoms with van der Waals surface area (Å²) >= 11 is 0. The summed E-state index contributed by atoms with van der Waals surface area (Å²) in [4.78, 5) is 4.35. The molecule has 2 heteroatoms. The maximum atomic E-state index is 5.50. The molecule has 1 aliphatic rings. The molecule has 0 aromatic carbocycles. The normalized spacial score (nSPS) is 29.5. The summed E-state index contributed by atoms with van der Waals surface area (Å²) in [5, 5.41) is 0. The molecule has 0 bridgehead atoms. The minimum absolute atomic E-state index is 0.285. The van der Waals surface area contributed by atoms with Gasteiger partial charge in [-0.1, -0.05) is 20.4 Å². The van der Waals surface area contributed by atoms with Crippen molar-refractivity contribution in [1.29, 1.82) is 0 Å². The standard InChI is InChI=1S/C9H15NO/c1-4-7-8(5-2)11-9(6-3)10-7/h6-8H,3-5H2,1-2H3. The highest BCUT2D eigenvalue weighted by molar-refractivity contribution is 5.88. The number of rotatable bonds is 3. The van der Waals surface area contributed by atoms with Crippen LogP contribution in [0.1, 0.15) is 26.7 Å². The second-order valence-corrected chi connectivity index (χ2v) is 2.71. The van der Waals surface area contributed by atoms with Crippen LogP contribution in [0.5, 0.6) is 0 Å². The van der Waals surface area contributed by atoms with Crippen molar-refractivity contribution >= 4 is 5.90 Å². The molecule has 0 aromatic heterocycles. The van der Waals surface area contributed by atoms with Gasteiger partial charge in [-0.15, -0.1) is 0 Å². The Morgan fingerprint density at radius 2 is 2.27 bits per heavy atom. The molecule has 11 heavy (non-hydrogen) atoms. The van der Waals surface area contributed by atoms with Gasteiger partial charge in [0.15, 0.2) is 0 Å². The lowest BCUT2D eigenvalue weighted by Gasteiger charge is -2.12. The van der Waals surface area contributed by atoms with E-state index in [-0.39, 0.29) is 6.10 Å². The zero-order valence-electron chi connectivity index (χ0n) is 7.21. The van der Waals surface area contributed by atoms with Gasteiger partial charge in [-0.05, 0) is 18.9 Å². The Kier molecular flexibility index (Phi) is 2.69. The molecule has 0 N–H and O–H groups in total. The van der Waals surface area contributed by atoms with E-state index in [4.69, 9.17) is 4.74 Å². The van der Waals surface area contributed by atoms with Gasteiger partial charge in [-0.3, -0.25) is 0 Å². The Morgan fingerprint density at radius 1 is 1.55 bits per heavy atom. The highest BCUT2D eigenvalue weighted by Crippen LogP contribution is 2.19. The summed E-state index contributed by atoms with van der Waals surface area (Å²) < 4.78 is 5.50. The highest BCUT2D eigenvalue weighted by atomic mass is 16.5. The topological polar surface area (TPSA) is 21.6 Å². The molecule has 2 atom stereocenters. The lowest BCUT2D eigenvalue weighted by Crippen LogP contribution is -2.20. The minimum atomic E-state index is 0.285. The van der Waals surface area contributed by atoms with Crippen LogP contribution in [-0.2, 0) is 4.74 Å². The SMILES string of the molecule is C=CC1=NC(CC)C(CC)O1. The number of ether oxygens (including phenoxy) is 1. The molecule has 0 amide bonds. The Hall–Kier alpha value is -0.790. The Bertz CT molecular complexity index is 174. The molecule has 0 saturated carbocycles. The van der Waals surface area contributed by atoms with Crippen LogP contribution in [0, 0.1) is 0 Å². The van der Waals surface area contributed by atoms with E-state index in [1.165, 1.54) is 0 Å².